The molecule has 1 spiro atoms. The smallest absolute Gasteiger partial charge is 0.237 e. The first-order valence-electron chi connectivity index (χ1n) is 16.5. The third-order valence-electron chi connectivity index (χ3n) is 9.61. The highest BCUT2D eigenvalue weighted by Crippen LogP contribution is 2.43. The molecule has 50 heavy (non-hydrogen) atoms. The van der Waals surface area contributed by atoms with Crippen LogP contribution in [0.1, 0.15) is 31.2 Å². The Kier molecular flexibility index (Phi) is 9.62. The lowest BCUT2D eigenvalue weighted by molar-refractivity contribution is -0.157. The maximum Gasteiger partial charge on any atom is 0.237 e. The first-order chi connectivity index (χ1) is 24.2. The average Bonchev–Trinajstić information content (AvgIpc) is 3.50. The summed E-state index contributed by atoms with van der Waals surface area (Å²) in [5, 5.41) is 7.23. The van der Waals surface area contributed by atoms with E-state index in [4.69, 9.17) is 47.6 Å². The van der Waals surface area contributed by atoms with Crippen molar-refractivity contribution in [2.75, 3.05) is 46.9 Å². The zero-order valence-corrected chi connectivity index (χ0v) is 29.6. The van der Waals surface area contributed by atoms with Gasteiger partial charge >= 0.3 is 0 Å². The molecule has 0 bridgehead atoms. The van der Waals surface area contributed by atoms with Crippen LogP contribution in [0.3, 0.4) is 0 Å². The van der Waals surface area contributed by atoms with Crippen LogP contribution in [0.5, 0.6) is 11.8 Å². The van der Waals surface area contributed by atoms with Gasteiger partial charge in [0.25, 0.3) is 0 Å². The van der Waals surface area contributed by atoms with Crippen molar-refractivity contribution in [2.24, 2.45) is 5.41 Å². The van der Waals surface area contributed by atoms with Gasteiger partial charge in [0.1, 0.15) is 11.4 Å². The number of carbonyl (C=O) groups excluding carboxylic acids is 2. The number of benzene rings is 2. The van der Waals surface area contributed by atoms with E-state index < -0.39 is 0 Å². The van der Waals surface area contributed by atoms with Crippen LogP contribution < -0.4 is 20.1 Å². The number of nitrogens with one attached hydrogen (secondary N) is 2. The zero-order valence-electron chi connectivity index (χ0n) is 28.1. The molecule has 3 aliphatic rings. The summed E-state index contributed by atoms with van der Waals surface area (Å²) in [6.07, 6.45) is 4.77. The van der Waals surface area contributed by atoms with Gasteiger partial charge in [0, 0.05) is 92.9 Å². The van der Waals surface area contributed by atoms with E-state index in [1.807, 2.05) is 41.3 Å². The molecule has 14 heteroatoms. The van der Waals surface area contributed by atoms with Crippen molar-refractivity contribution >= 4 is 35.0 Å². The average molecular weight is 718 g/mol. The van der Waals surface area contributed by atoms with E-state index in [2.05, 4.69) is 20.5 Å². The fourth-order valence-electron chi connectivity index (χ4n) is 7.09. The summed E-state index contributed by atoms with van der Waals surface area (Å²) in [5.41, 5.74) is 5.57. The van der Waals surface area contributed by atoms with Crippen LogP contribution in [0.25, 0.3) is 33.6 Å². The summed E-state index contributed by atoms with van der Waals surface area (Å²) >= 11 is 14.1. The van der Waals surface area contributed by atoms with Crippen molar-refractivity contribution in [1.29, 1.82) is 0 Å². The van der Waals surface area contributed by atoms with Gasteiger partial charge in [-0.25, -0.2) is 9.97 Å². The van der Waals surface area contributed by atoms with Gasteiger partial charge < -0.3 is 25.0 Å². The highest BCUT2D eigenvalue weighted by molar-refractivity contribution is 6.39. The molecule has 0 saturated carbocycles. The molecule has 0 aliphatic carbocycles. The lowest BCUT2D eigenvalue weighted by atomic mass is 9.73. The van der Waals surface area contributed by atoms with Crippen LogP contribution in [-0.2, 0) is 22.7 Å². The Morgan fingerprint density at radius 2 is 1.46 bits per heavy atom. The highest BCUT2D eigenvalue weighted by Gasteiger charge is 2.52. The minimum atomic E-state index is 0.0823. The Bertz CT molecular complexity index is 1950. The molecule has 3 aliphatic heterocycles. The van der Waals surface area contributed by atoms with Crippen molar-refractivity contribution in [2.45, 2.75) is 38.9 Å². The lowest BCUT2D eigenvalue weighted by Gasteiger charge is -2.60. The summed E-state index contributed by atoms with van der Waals surface area (Å²) in [4.78, 5) is 46.2. The quantitative estimate of drug-likeness (QED) is 0.226. The van der Waals surface area contributed by atoms with Gasteiger partial charge in [-0.05, 0) is 6.42 Å². The summed E-state index contributed by atoms with van der Waals surface area (Å²) in [7, 11) is 3.15. The first-order valence-corrected chi connectivity index (χ1v) is 17.3. The van der Waals surface area contributed by atoms with Gasteiger partial charge in [0.15, 0.2) is 0 Å². The Labute approximate surface area is 300 Å². The van der Waals surface area contributed by atoms with E-state index in [0.717, 1.165) is 49.4 Å². The molecule has 0 radical (unpaired) electrons. The third-order valence-corrected chi connectivity index (χ3v) is 10.4. The molecule has 2 N–H and O–H groups in total. The number of carbonyl (C=O) groups is 2. The molecular weight excluding hydrogens is 679 g/mol. The van der Waals surface area contributed by atoms with Crippen molar-refractivity contribution in [1.82, 2.24) is 40.4 Å². The van der Waals surface area contributed by atoms with Gasteiger partial charge in [-0.15, -0.1) is 0 Å². The van der Waals surface area contributed by atoms with E-state index >= 15 is 0 Å². The fourth-order valence-corrected chi connectivity index (χ4v) is 7.74. The fraction of sp³-hybridized carbons (Fsp3) is 0.389. The van der Waals surface area contributed by atoms with Gasteiger partial charge in [0.2, 0.25) is 23.6 Å². The molecule has 12 nitrogen and oxygen atoms in total. The molecule has 3 saturated heterocycles. The van der Waals surface area contributed by atoms with Crippen LogP contribution in [-0.4, -0.2) is 94.5 Å². The third kappa shape index (κ3) is 6.72. The van der Waals surface area contributed by atoms with Crippen molar-refractivity contribution < 1.29 is 19.1 Å². The van der Waals surface area contributed by atoms with E-state index in [0.29, 0.717) is 76.1 Å². The number of halogens is 2. The number of rotatable bonds is 11. The van der Waals surface area contributed by atoms with E-state index in [9.17, 15) is 9.59 Å². The molecule has 2 aromatic heterocycles. The van der Waals surface area contributed by atoms with E-state index in [1.54, 1.807) is 33.5 Å². The highest BCUT2D eigenvalue weighted by atomic mass is 35.5. The van der Waals surface area contributed by atoms with Crippen molar-refractivity contribution in [3.05, 3.63) is 70.2 Å². The molecule has 260 valence electrons. The van der Waals surface area contributed by atoms with Gasteiger partial charge in [0.05, 0.1) is 48.0 Å². The first kappa shape index (κ1) is 34.1. The van der Waals surface area contributed by atoms with Gasteiger partial charge in [-0.2, -0.15) is 0 Å². The van der Waals surface area contributed by atoms with Crippen LogP contribution >= 0.6 is 23.2 Å². The Balaban J connectivity index is 1.08. The van der Waals surface area contributed by atoms with Crippen LogP contribution in [0.4, 0.5) is 0 Å². The second kappa shape index (κ2) is 14.1. The summed E-state index contributed by atoms with van der Waals surface area (Å²) in [5.74, 6) is 1.05. The largest absolute Gasteiger partial charge is 0.480 e. The maximum atomic E-state index is 11.6. The number of amides is 2. The zero-order chi connectivity index (χ0) is 35.0. The number of ether oxygens (including phenoxy) is 2. The summed E-state index contributed by atoms with van der Waals surface area (Å²) < 4.78 is 11.3. The second-order valence-corrected chi connectivity index (χ2v) is 14.0. The van der Waals surface area contributed by atoms with E-state index in [1.165, 1.54) is 0 Å². The Morgan fingerprint density at radius 1 is 0.900 bits per heavy atom. The van der Waals surface area contributed by atoms with Crippen LogP contribution in [0.2, 0.25) is 10.0 Å². The number of aromatic nitrogens is 4. The molecule has 5 heterocycles. The predicted molar refractivity (Wildman–Crippen MR) is 190 cm³/mol. The minimum absolute atomic E-state index is 0.0823. The predicted octanol–water partition coefficient (Wildman–Crippen LogP) is 4.62. The minimum Gasteiger partial charge on any atom is -0.480 e. The van der Waals surface area contributed by atoms with Crippen molar-refractivity contribution in [3.63, 3.8) is 0 Å². The normalized spacial score (nSPS) is 18.1. The molecular formula is C36H38Cl2N8O4. The summed E-state index contributed by atoms with van der Waals surface area (Å²) in [6.45, 7) is 6.77. The molecule has 0 unspecified atom stereocenters. The van der Waals surface area contributed by atoms with Crippen molar-refractivity contribution in [3.8, 4) is 45.4 Å². The van der Waals surface area contributed by atoms with E-state index in [-0.39, 0.29) is 23.3 Å². The number of likely N-dealkylation sites (tertiary alicyclic amines) is 2. The number of methoxy groups -OCH3 is 2. The monoisotopic (exact) mass is 716 g/mol. The molecule has 7 rings (SSSR count). The number of hydrogen-bond donors (Lipinski definition) is 2. The van der Waals surface area contributed by atoms with Crippen LogP contribution in [0, 0.1) is 5.41 Å². The van der Waals surface area contributed by atoms with Crippen LogP contribution in [0.15, 0.2) is 48.8 Å². The molecule has 1 atom stereocenters. The second-order valence-electron chi connectivity index (χ2n) is 13.2. The Morgan fingerprint density at radius 3 is 2.00 bits per heavy atom. The molecule has 4 aromatic rings. The maximum absolute atomic E-state index is 11.6. The lowest BCUT2D eigenvalue weighted by Crippen LogP contribution is -2.72. The number of nitrogens with zero attached hydrogens (tertiary/aromatic N) is 6. The molecule has 3 fully saturated rings. The number of hydrogen-bond acceptors (Lipinski definition) is 10. The SMILES string of the molecule is COc1nc(-c2cccc(-c3cccc(-c4cnc(CN5CC6(C5)CN(C(C)=O)C6)c(OC)n4)c3Cl)c2Cl)cnc1CNC[C@H]1CCC(=O)N1. The molecule has 2 aromatic carbocycles. The standard InChI is InChI=1S/C36H38Cl2N8O4/c1-21(47)46-19-36(20-46)17-45(18-36)16-30-35(50-3)44-28(15-41-30)26-9-5-7-24(33(26)38)23-6-4-8-25(32(23)37)27-14-40-29(34(43-27)49-2)13-39-12-22-10-11-31(48)42-22/h4-9,14-15,22,39H,10-13,16-20H2,1-3H3,(H,42,48)/t22-/m1/s1. The Hall–Kier alpha value is -4.36. The summed E-state index contributed by atoms with van der Waals surface area (Å²) in [6, 6.07) is 11.5. The molecule has 2 amide bonds. The van der Waals surface area contributed by atoms with Gasteiger partial charge in [-0.1, -0.05) is 59.6 Å². The van der Waals surface area contributed by atoms with Gasteiger partial charge in [-0.3, -0.25) is 24.5 Å². The topological polar surface area (TPSA) is 135 Å².